The highest BCUT2D eigenvalue weighted by Gasteiger charge is 2.29. The van der Waals surface area contributed by atoms with E-state index in [4.69, 9.17) is 0 Å². The third-order valence-corrected chi connectivity index (χ3v) is 3.66. The number of hydrogen-bond acceptors (Lipinski definition) is 2. The Balaban J connectivity index is 2.21. The molecule has 3 unspecified atom stereocenters. The smallest absolute Gasteiger partial charge is 0.224 e. The second-order valence-electron chi connectivity index (χ2n) is 5.98. The Hall–Kier alpha value is -0.570. The summed E-state index contributed by atoms with van der Waals surface area (Å²) in [7, 11) is 0. The Morgan fingerprint density at radius 1 is 1.29 bits per heavy atom. The molecule has 0 aromatic carbocycles. The van der Waals surface area contributed by atoms with Crippen molar-refractivity contribution in [2.24, 2.45) is 17.8 Å². The summed E-state index contributed by atoms with van der Waals surface area (Å²) in [5, 5.41) is 6.42. The molecule has 0 spiro atoms. The van der Waals surface area contributed by atoms with Crippen molar-refractivity contribution in [1.29, 1.82) is 0 Å². The van der Waals surface area contributed by atoms with Crippen molar-refractivity contribution in [1.82, 2.24) is 10.6 Å². The fraction of sp³-hybridized carbons (Fsp3) is 0.929. The number of nitrogens with one attached hydrogen (secondary N) is 2. The monoisotopic (exact) mass is 240 g/mol. The summed E-state index contributed by atoms with van der Waals surface area (Å²) in [6.45, 7) is 10.6. The van der Waals surface area contributed by atoms with Gasteiger partial charge in [-0.3, -0.25) is 4.79 Å². The highest BCUT2D eigenvalue weighted by molar-refractivity contribution is 5.79. The van der Waals surface area contributed by atoms with Gasteiger partial charge in [0.1, 0.15) is 0 Å². The van der Waals surface area contributed by atoms with E-state index in [-0.39, 0.29) is 11.8 Å². The molecule has 1 amide bonds. The normalized spacial score (nSPS) is 26.2. The Morgan fingerprint density at radius 2 is 2.00 bits per heavy atom. The van der Waals surface area contributed by atoms with Crippen molar-refractivity contribution in [3.05, 3.63) is 0 Å². The molecule has 0 radical (unpaired) electrons. The van der Waals surface area contributed by atoms with Crippen LogP contribution in [-0.4, -0.2) is 25.0 Å². The molecule has 0 bridgehead atoms. The summed E-state index contributed by atoms with van der Waals surface area (Å²) in [6, 6.07) is 0.314. The quantitative estimate of drug-likeness (QED) is 0.747. The van der Waals surface area contributed by atoms with Crippen molar-refractivity contribution >= 4 is 5.91 Å². The van der Waals surface area contributed by atoms with Crippen LogP contribution >= 0.6 is 0 Å². The minimum atomic E-state index is 0.169. The van der Waals surface area contributed by atoms with Gasteiger partial charge in [0.15, 0.2) is 0 Å². The van der Waals surface area contributed by atoms with Gasteiger partial charge in [-0.25, -0.2) is 0 Å². The molecule has 0 aliphatic carbocycles. The Kier molecular flexibility index (Phi) is 5.96. The van der Waals surface area contributed by atoms with Gasteiger partial charge in [0.05, 0.1) is 5.92 Å². The molecule has 1 aliphatic heterocycles. The molecule has 1 fully saturated rings. The molecule has 3 heteroatoms. The van der Waals surface area contributed by atoms with Gasteiger partial charge in [0.2, 0.25) is 5.91 Å². The lowest BCUT2D eigenvalue weighted by molar-refractivity contribution is -0.126. The molecule has 0 saturated carbocycles. The van der Waals surface area contributed by atoms with Gasteiger partial charge in [0.25, 0.3) is 0 Å². The van der Waals surface area contributed by atoms with E-state index >= 15 is 0 Å². The van der Waals surface area contributed by atoms with Crippen LogP contribution in [0.4, 0.5) is 0 Å². The zero-order valence-corrected chi connectivity index (χ0v) is 11.8. The molecular weight excluding hydrogens is 212 g/mol. The molecule has 100 valence electrons. The van der Waals surface area contributed by atoms with Crippen molar-refractivity contribution in [2.75, 3.05) is 13.1 Å². The third-order valence-electron chi connectivity index (χ3n) is 3.66. The maximum absolute atomic E-state index is 12.0. The molecule has 17 heavy (non-hydrogen) atoms. The first-order valence-electron chi connectivity index (χ1n) is 7.01. The number of carbonyl (C=O) groups excluding carboxylic acids is 1. The lowest BCUT2D eigenvalue weighted by Crippen LogP contribution is -2.39. The van der Waals surface area contributed by atoms with Gasteiger partial charge in [0, 0.05) is 12.6 Å². The molecule has 1 heterocycles. The number of carbonyl (C=O) groups is 1. The van der Waals surface area contributed by atoms with E-state index in [1.165, 1.54) is 12.8 Å². The minimum Gasteiger partial charge on any atom is -0.353 e. The van der Waals surface area contributed by atoms with Gasteiger partial charge in [-0.15, -0.1) is 0 Å². The van der Waals surface area contributed by atoms with Gasteiger partial charge in [-0.1, -0.05) is 33.6 Å². The van der Waals surface area contributed by atoms with Crippen LogP contribution in [0.3, 0.4) is 0 Å². The SMILES string of the molecule is CC(C)CCCC(C)NC(=O)C1CNCC1C. The average Bonchev–Trinajstić information content (AvgIpc) is 2.63. The van der Waals surface area contributed by atoms with Crippen LogP contribution in [0.15, 0.2) is 0 Å². The second-order valence-corrected chi connectivity index (χ2v) is 5.98. The van der Waals surface area contributed by atoms with Gasteiger partial charge >= 0.3 is 0 Å². The van der Waals surface area contributed by atoms with Crippen LogP contribution in [0.2, 0.25) is 0 Å². The fourth-order valence-electron chi connectivity index (χ4n) is 2.42. The van der Waals surface area contributed by atoms with Crippen LogP contribution in [0.5, 0.6) is 0 Å². The maximum atomic E-state index is 12.0. The minimum absolute atomic E-state index is 0.169. The average molecular weight is 240 g/mol. The van der Waals surface area contributed by atoms with E-state index in [9.17, 15) is 4.79 Å². The second kappa shape index (κ2) is 7.00. The Labute approximate surface area is 106 Å². The highest BCUT2D eigenvalue weighted by atomic mass is 16.2. The van der Waals surface area contributed by atoms with Crippen LogP contribution < -0.4 is 10.6 Å². The van der Waals surface area contributed by atoms with Crippen LogP contribution in [0.25, 0.3) is 0 Å². The van der Waals surface area contributed by atoms with E-state index in [0.717, 1.165) is 25.4 Å². The largest absolute Gasteiger partial charge is 0.353 e. The summed E-state index contributed by atoms with van der Waals surface area (Å²) >= 11 is 0. The lowest BCUT2D eigenvalue weighted by atomic mass is 9.96. The molecule has 1 rings (SSSR count). The van der Waals surface area contributed by atoms with E-state index < -0.39 is 0 Å². The fourth-order valence-corrected chi connectivity index (χ4v) is 2.42. The summed E-state index contributed by atoms with van der Waals surface area (Å²) in [6.07, 6.45) is 3.55. The van der Waals surface area contributed by atoms with Crippen molar-refractivity contribution in [3.63, 3.8) is 0 Å². The summed E-state index contributed by atoms with van der Waals surface area (Å²) in [4.78, 5) is 12.0. The summed E-state index contributed by atoms with van der Waals surface area (Å²) in [5.74, 6) is 1.64. The van der Waals surface area contributed by atoms with Gasteiger partial charge in [-0.2, -0.15) is 0 Å². The predicted octanol–water partition coefficient (Wildman–Crippen LogP) is 2.17. The first kappa shape index (κ1) is 14.5. The van der Waals surface area contributed by atoms with Gasteiger partial charge in [-0.05, 0) is 31.7 Å². The number of amides is 1. The zero-order chi connectivity index (χ0) is 12.8. The third kappa shape index (κ3) is 5.07. The standard InChI is InChI=1S/C14H28N2O/c1-10(2)6-5-7-12(4)16-14(17)13-9-15-8-11(13)3/h10-13,15H,5-9H2,1-4H3,(H,16,17). The van der Waals surface area contributed by atoms with E-state index in [0.29, 0.717) is 12.0 Å². The van der Waals surface area contributed by atoms with Gasteiger partial charge < -0.3 is 10.6 Å². The topological polar surface area (TPSA) is 41.1 Å². The van der Waals surface area contributed by atoms with Crippen molar-refractivity contribution in [3.8, 4) is 0 Å². The first-order chi connectivity index (χ1) is 8.00. The molecule has 1 aliphatic rings. The Morgan fingerprint density at radius 3 is 2.53 bits per heavy atom. The lowest BCUT2D eigenvalue weighted by Gasteiger charge is -2.19. The molecule has 3 atom stereocenters. The van der Waals surface area contributed by atoms with Crippen LogP contribution in [0.1, 0.15) is 47.0 Å². The van der Waals surface area contributed by atoms with E-state index in [1.807, 2.05) is 0 Å². The van der Waals surface area contributed by atoms with E-state index in [1.54, 1.807) is 0 Å². The molecule has 0 aromatic rings. The molecule has 0 aromatic heterocycles. The zero-order valence-electron chi connectivity index (χ0n) is 11.8. The van der Waals surface area contributed by atoms with Crippen molar-refractivity contribution < 1.29 is 4.79 Å². The summed E-state index contributed by atoms with van der Waals surface area (Å²) < 4.78 is 0. The first-order valence-corrected chi connectivity index (χ1v) is 7.01. The van der Waals surface area contributed by atoms with Crippen LogP contribution in [-0.2, 0) is 4.79 Å². The number of hydrogen-bond donors (Lipinski definition) is 2. The number of rotatable bonds is 6. The van der Waals surface area contributed by atoms with Crippen LogP contribution in [0, 0.1) is 17.8 Å². The Bertz CT molecular complexity index is 240. The maximum Gasteiger partial charge on any atom is 0.224 e. The molecule has 3 nitrogen and oxygen atoms in total. The molecule has 2 N–H and O–H groups in total. The predicted molar refractivity (Wildman–Crippen MR) is 71.8 cm³/mol. The van der Waals surface area contributed by atoms with E-state index in [2.05, 4.69) is 38.3 Å². The highest BCUT2D eigenvalue weighted by Crippen LogP contribution is 2.16. The van der Waals surface area contributed by atoms with Crippen molar-refractivity contribution in [2.45, 2.75) is 53.0 Å². The molecule has 1 saturated heterocycles. The molecular formula is C14H28N2O. The summed E-state index contributed by atoms with van der Waals surface area (Å²) in [5.41, 5.74) is 0.